The zero-order valence-corrected chi connectivity index (χ0v) is 11.3. The molecule has 0 aliphatic carbocycles. The van der Waals surface area contributed by atoms with Crippen molar-refractivity contribution in [1.82, 2.24) is 0 Å². The van der Waals surface area contributed by atoms with Gasteiger partial charge in [0.05, 0.1) is 14.2 Å². The predicted octanol–water partition coefficient (Wildman–Crippen LogP) is 3.05. The van der Waals surface area contributed by atoms with Crippen LogP contribution in [0.2, 0.25) is 0 Å². The number of nitrogens with zero attached hydrogens (tertiary/aromatic N) is 1. The summed E-state index contributed by atoms with van der Waals surface area (Å²) in [5.74, 6) is 0. The zero-order valence-electron chi connectivity index (χ0n) is 8.28. The van der Waals surface area contributed by atoms with Crippen LogP contribution in [0.4, 0.5) is 5.69 Å². The molecule has 0 aliphatic heterocycles. The molecule has 14 heavy (non-hydrogen) atoms. The molecule has 0 saturated heterocycles. The molecule has 0 bridgehead atoms. The van der Waals surface area contributed by atoms with Crippen molar-refractivity contribution in [3.05, 3.63) is 14.3 Å². The number of amides is 1. The van der Waals surface area contributed by atoms with Crippen molar-refractivity contribution in [1.29, 1.82) is 0 Å². The van der Waals surface area contributed by atoms with Gasteiger partial charge in [-0.05, 0) is 54.8 Å². The Morgan fingerprint density at radius 2 is 2.21 bits per heavy atom. The molecule has 0 fully saturated rings. The molecule has 0 N–H and O–H groups in total. The van der Waals surface area contributed by atoms with E-state index in [2.05, 4.69) is 22.6 Å². The Balaban J connectivity index is 2.83. The third-order valence-electron chi connectivity index (χ3n) is 1.30. The standard InChI is InChI=1S/C9H12INO2S/c1-9(2,3)13-11(6-12)7-4-5-14-8(7)10/h4-6H,1-3H3. The van der Waals surface area contributed by atoms with E-state index in [1.165, 1.54) is 5.06 Å². The van der Waals surface area contributed by atoms with Crippen molar-refractivity contribution in [3.8, 4) is 0 Å². The first-order valence-electron chi connectivity index (χ1n) is 4.11. The molecule has 0 saturated carbocycles. The summed E-state index contributed by atoms with van der Waals surface area (Å²) in [6.45, 7) is 5.72. The largest absolute Gasteiger partial charge is 0.276 e. The lowest BCUT2D eigenvalue weighted by Gasteiger charge is -2.26. The van der Waals surface area contributed by atoms with Crippen molar-refractivity contribution in [3.63, 3.8) is 0 Å². The molecule has 0 unspecified atom stereocenters. The molecule has 0 radical (unpaired) electrons. The van der Waals surface area contributed by atoms with Crippen LogP contribution in [0, 0.1) is 2.88 Å². The maximum Gasteiger partial charge on any atom is 0.238 e. The normalized spacial score (nSPS) is 11.4. The van der Waals surface area contributed by atoms with E-state index < -0.39 is 0 Å². The van der Waals surface area contributed by atoms with Crippen molar-refractivity contribution in [2.75, 3.05) is 5.06 Å². The van der Waals surface area contributed by atoms with Gasteiger partial charge in [0, 0.05) is 0 Å². The number of hydrogen-bond acceptors (Lipinski definition) is 3. The lowest BCUT2D eigenvalue weighted by molar-refractivity contribution is -0.120. The summed E-state index contributed by atoms with van der Waals surface area (Å²) in [5.41, 5.74) is 0.437. The van der Waals surface area contributed by atoms with Gasteiger partial charge < -0.3 is 0 Å². The Labute approximate surface area is 101 Å². The minimum absolute atomic E-state index is 0.369. The Kier molecular flexibility index (Phi) is 3.91. The van der Waals surface area contributed by atoms with Crippen molar-refractivity contribution in [2.45, 2.75) is 26.4 Å². The van der Waals surface area contributed by atoms with Crippen LogP contribution in [0.25, 0.3) is 0 Å². The highest BCUT2D eigenvalue weighted by Crippen LogP contribution is 2.28. The van der Waals surface area contributed by atoms with Crippen molar-refractivity contribution >= 4 is 46.0 Å². The summed E-state index contributed by atoms with van der Waals surface area (Å²) in [6, 6.07) is 1.87. The van der Waals surface area contributed by atoms with Crippen LogP contribution in [-0.4, -0.2) is 12.0 Å². The second-order valence-electron chi connectivity index (χ2n) is 3.71. The van der Waals surface area contributed by atoms with Crippen LogP contribution in [0.3, 0.4) is 0 Å². The van der Waals surface area contributed by atoms with Gasteiger partial charge in [0.15, 0.2) is 0 Å². The summed E-state index contributed by atoms with van der Waals surface area (Å²) >= 11 is 3.76. The second-order valence-corrected chi connectivity index (χ2v) is 6.44. The van der Waals surface area contributed by atoms with E-state index in [1.54, 1.807) is 11.3 Å². The molecule has 1 aromatic heterocycles. The number of thiophene rings is 1. The van der Waals surface area contributed by atoms with Crippen LogP contribution >= 0.6 is 33.9 Å². The number of rotatable bonds is 3. The molecule has 0 spiro atoms. The number of carbonyl (C=O) groups is 1. The van der Waals surface area contributed by atoms with Gasteiger partial charge in [-0.25, -0.2) is 0 Å². The Morgan fingerprint density at radius 1 is 1.57 bits per heavy atom. The second kappa shape index (κ2) is 4.59. The first kappa shape index (κ1) is 11.9. The molecular weight excluding hydrogens is 313 g/mol. The molecule has 1 rings (SSSR count). The molecule has 0 atom stereocenters. The number of halogens is 1. The smallest absolute Gasteiger partial charge is 0.238 e. The number of hydrogen-bond donors (Lipinski definition) is 0. The minimum Gasteiger partial charge on any atom is -0.276 e. The van der Waals surface area contributed by atoms with E-state index >= 15 is 0 Å². The van der Waals surface area contributed by atoms with Crippen LogP contribution in [0.15, 0.2) is 11.4 Å². The summed E-state index contributed by atoms with van der Waals surface area (Å²) < 4.78 is 1.04. The average Bonchev–Trinajstić information content (AvgIpc) is 2.45. The quantitative estimate of drug-likeness (QED) is 0.486. The highest BCUT2D eigenvalue weighted by molar-refractivity contribution is 14.1. The molecular formula is C9H12INO2S. The molecule has 5 heteroatoms. The van der Waals surface area contributed by atoms with Crippen molar-refractivity contribution < 1.29 is 9.63 Å². The van der Waals surface area contributed by atoms with Gasteiger partial charge in [-0.1, -0.05) is 0 Å². The number of anilines is 1. The summed E-state index contributed by atoms with van der Waals surface area (Å²) in [5, 5.41) is 3.21. The molecule has 0 aliphatic rings. The van der Waals surface area contributed by atoms with Gasteiger partial charge in [0.1, 0.15) is 0 Å². The van der Waals surface area contributed by atoms with E-state index in [1.807, 2.05) is 32.2 Å². The van der Waals surface area contributed by atoms with Crippen LogP contribution < -0.4 is 5.06 Å². The minimum atomic E-state index is -0.369. The number of carbonyl (C=O) groups excluding carboxylic acids is 1. The highest BCUT2D eigenvalue weighted by atomic mass is 127. The Hall–Kier alpha value is -0.140. The third kappa shape index (κ3) is 3.21. The van der Waals surface area contributed by atoms with Crippen molar-refractivity contribution in [2.24, 2.45) is 0 Å². The van der Waals surface area contributed by atoms with Gasteiger partial charge in [0.25, 0.3) is 0 Å². The van der Waals surface area contributed by atoms with E-state index in [9.17, 15) is 4.79 Å². The summed E-state index contributed by atoms with van der Waals surface area (Å²) in [6.07, 6.45) is 0.690. The first-order valence-corrected chi connectivity index (χ1v) is 6.06. The molecule has 1 aromatic rings. The highest BCUT2D eigenvalue weighted by Gasteiger charge is 2.19. The topological polar surface area (TPSA) is 29.5 Å². The molecule has 78 valence electrons. The fraction of sp³-hybridized carbons (Fsp3) is 0.444. The zero-order chi connectivity index (χ0) is 10.8. The van der Waals surface area contributed by atoms with E-state index in [-0.39, 0.29) is 5.60 Å². The van der Waals surface area contributed by atoms with E-state index in [4.69, 9.17) is 4.84 Å². The van der Waals surface area contributed by atoms with Crippen LogP contribution in [-0.2, 0) is 9.63 Å². The maximum atomic E-state index is 10.8. The summed E-state index contributed by atoms with van der Waals surface area (Å²) in [4.78, 5) is 16.3. The molecule has 1 amide bonds. The first-order chi connectivity index (χ1) is 6.44. The number of hydroxylamine groups is 1. The fourth-order valence-corrected chi connectivity index (χ4v) is 2.32. The Bertz CT molecular complexity index is 319. The van der Waals surface area contributed by atoms with Gasteiger partial charge >= 0.3 is 0 Å². The van der Waals surface area contributed by atoms with Crippen LogP contribution in [0.1, 0.15) is 20.8 Å². The SMILES string of the molecule is CC(C)(C)ON(C=O)c1ccsc1I. The molecule has 1 heterocycles. The monoisotopic (exact) mass is 325 g/mol. The van der Waals surface area contributed by atoms with Crippen LogP contribution in [0.5, 0.6) is 0 Å². The average molecular weight is 325 g/mol. The fourth-order valence-electron chi connectivity index (χ4n) is 0.867. The third-order valence-corrected chi connectivity index (χ3v) is 3.31. The lowest BCUT2D eigenvalue weighted by Crippen LogP contribution is -2.33. The molecule has 0 aromatic carbocycles. The van der Waals surface area contributed by atoms with E-state index in [0.717, 1.165) is 8.57 Å². The molecule has 3 nitrogen and oxygen atoms in total. The maximum absolute atomic E-state index is 10.8. The van der Waals surface area contributed by atoms with Gasteiger partial charge in [0.2, 0.25) is 6.41 Å². The predicted molar refractivity (Wildman–Crippen MR) is 66.4 cm³/mol. The van der Waals surface area contributed by atoms with Gasteiger partial charge in [-0.15, -0.1) is 11.3 Å². The Morgan fingerprint density at radius 3 is 2.57 bits per heavy atom. The van der Waals surface area contributed by atoms with E-state index in [0.29, 0.717) is 6.41 Å². The lowest BCUT2D eigenvalue weighted by atomic mass is 10.2. The van der Waals surface area contributed by atoms with Gasteiger partial charge in [-0.3, -0.25) is 9.63 Å². The van der Waals surface area contributed by atoms with Gasteiger partial charge in [-0.2, -0.15) is 5.06 Å². The summed E-state index contributed by atoms with van der Waals surface area (Å²) in [7, 11) is 0.